The summed E-state index contributed by atoms with van der Waals surface area (Å²) < 4.78 is 5.07. The normalized spacial score (nSPS) is 10.4. The van der Waals surface area contributed by atoms with Crippen molar-refractivity contribution in [2.45, 2.75) is 13.8 Å². The molecule has 100 valence electrons. The zero-order valence-electron chi connectivity index (χ0n) is 11.0. The molecule has 4 N–H and O–H groups in total. The smallest absolute Gasteiger partial charge is 0.238 e. The quantitative estimate of drug-likeness (QED) is 0.774. The third-order valence-corrected chi connectivity index (χ3v) is 2.32. The van der Waals surface area contributed by atoms with Crippen LogP contribution in [0.2, 0.25) is 0 Å². The monoisotopic (exact) mass is 252 g/mol. The molecule has 0 bridgehead atoms. The van der Waals surface area contributed by atoms with Gasteiger partial charge in [-0.1, -0.05) is 13.8 Å². The van der Waals surface area contributed by atoms with E-state index in [1.807, 2.05) is 4.90 Å². The Morgan fingerprint density at radius 1 is 1.50 bits per heavy atom. The lowest BCUT2D eigenvalue weighted by Gasteiger charge is -2.24. The van der Waals surface area contributed by atoms with E-state index in [-0.39, 0.29) is 6.54 Å². The van der Waals surface area contributed by atoms with Gasteiger partial charge in [-0.25, -0.2) is 0 Å². The van der Waals surface area contributed by atoms with Crippen molar-refractivity contribution in [3.05, 3.63) is 12.1 Å². The molecule has 6 nitrogen and oxygen atoms in total. The minimum atomic E-state index is -0.395. The Kier molecular flexibility index (Phi) is 4.76. The zero-order chi connectivity index (χ0) is 13.7. The lowest BCUT2D eigenvalue weighted by Crippen LogP contribution is -2.36. The van der Waals surface area contributed by atoms with Gasteiger partial charge >= 0.3 is 0 Å². The average Bonchev–Trinajstić information content (AvgIpc) is 2.27. The molecule has 1 amide bonds. The number of hydrogen-bond acceptors (Lipinski definition) is 5. The van der Waals surface area contributed by atoms with Gasteiger partial charge in [0.05, 0.1) is 19.3 Å². The van der Waals surface area contributed by atoms with Crippen LogP contribution >= 0.6 is 0 Å². The Morgan fingerprint density at radius 2 is 2.17 bits per heavy atom. The first-order valence-electron chi connectivity index (χ1n) is 5.77. The topological polar surface area (TPSA) is 94.5 Å². The predicted octanol–water partition coefficient (Wildman–Crippen LogP) is 0.620. The van der Waals surface area contributed by atoms with Gasteiger partial charge in [-0.15, -0.1) is 0 Å². The van der Waals surface area contributed by atoms with Crippen LogP contribution in [0.5, 0.6) is 5.88 Å². The lowest BCUT2D eigenvalue weighted by atomic mass is 10.2. The van der Waals surface area contributed by atoms with E-state index in [1.54, 1.807) is 12.1 Å². The fourth-order valence-corrected chi connectivity index (χ4v) is 1.65. The number of amides is 1. The van der Waals surface area contributed by atoms with Crippen molar-refractivity contribution in [1.82, 2.24) is 4.98 Å². The number of nitrogens with zero attached hydrogens (tertiary/aromatic N) is 2. The average molecular weight is 252 g/mol. The van der Waals surface area contributed by atoms with E-state index in [1.165, 1.54) is 7.11 Å². The first-order chi connectivity index (χ1) is 8.43. The number of rotatable bonds is 6. The molecule has 0 aliphatic heterocycles. The Labute approximate surface area is 107 Å². The van der Waals surface area contributed by atoms with E-state index in [9.17, 15) is 4.79 Å². The third-order valence-electron chi connectivity index (χ3n) is 2.32. The largest absolute Gasteiger partial charge is 0.479 e. The molecule has 0 radical (unpaired) electrons. The minimum Gasteiger partial charge on any atom is -0.479 e. The van der Waals surface area contributed by atoms with E-state index < -0.39 is 5.91 Å². The van der Waals surface area contributed by atoms with Crippen molar-refractivity contribution in [2.24, 2.45) is 11.7 Å². The van der Waals surface area contributed by atoms with Crippen LogP contribution in [0.15, 0.2) is 12.1 Å². The second kappa shape index (κ2) is 6.09. The fourth-order valence-electron chi connectivity index (χ4n) is 1.65. The number of primary amides is 1. The Bertz CT molecular complexity index is 421. The van der Waals surface area contributed by atoms with Crippen LogP contribution in [0.4, 0.5) is 11.5 Å². The number of pyridine rings is 1. The summed E-state index contributed by atoms with van der Waals surface area (Å²) >= 11 is 0. The van der Waals surface area contributed by atoms with Gasteiger partial charge in [0.1, 0.15) is 5.82 Å². The van der Waals surface area contributed by atoms with Gasteiger partial charge in [-0.05, 0) is 18.1 Å². The maximum absolute atomic E-state index is 11.1. The van der Waals surface area contributed by atoms with Gasteiger partial charge in [0.15, 0.2) is 0 Å². The molecule has 1 rings (SSSR count). The standard InChI is InChI=1S/C12H20N4O2/c1-8(2)6-16(7-10(14)17)11-5-4-9(13)12(15-11)18-3/h4-5,8H,6-7,13H2,1-3H3,(H2,14,17). The number of methoxy groups -OCH3 is 1. The maximum Gasteiger partial charge on any atom is 0.238 e. The Hall–Kier alpha value is -1.98. The van der Waals surface area contributed by atoms with Crippen LogP contribution in [-0.2, 0) is 4.79 Å². The van der Waals surface area contributed by atoms with Gasteiger partial charge in [-0.3, -0.25) is 4.79 Å². The van der Waals surface area contributed by atoms with Crippen LogP contribution in [0.25, 0.3) is 0 Å². The van der Waals surface area contributed by atoms with Crippen molar-refractivity contribution < 1.29 is 9.53 Å². The van der Waals surface area contributed by atoms with Crippen LogP contribution in [0, 0.1) is 5.92 Å². The molecule has 0 spiro atoms. The number of nitrogens with two attached hydrogens (primary N) is 2. The highest BCUT2D eigenvalue weighted by Crippen LogP contribution is 2.23. The molecule has 6 heteroatoms. The number of ether oxygens (including phenoxy) is 1. The highest BCUT2D eigenvalue weighted by Gasteiger charge is 2.14. The van der Waals surface area contributed by atoms with Gasteiger partial charge in [0, 0.05) is 6.54 Å². The first-order valence-corrected chi connectivity index (χ1v) is 5.77. The molecule has 1 aromatic rings. The molecule has 0 aliphatic carbocycles. The summed E-state index contributed by atoms with van der Waals surface area (Å²) in [7, 11) is 1.50. The van der Waals surface area contributed by atoms with E-state index in [0.717, 1.165) is 0 Å². The van der Waals surface area contributed by atoms with Crippen LogP contribution in [0.1, 0.15) is 13.8 Å². The second-order valence-corrected chi connectivity index (χ2v) is 4.51. The molecule has 0 saturated carbocycles. The van der Waals surface area contributed by atoms with Crippen LogP contribution in [-0.4, -0.2) is 31.1 Å². The summed E-state index contributed by atoms with van der Waals surface area (Å²) in [5, 5.41) is 0. The number of nitrogen functional groups attached to an aromatic ring is 1. The van der Waals surface area contributed by atoms with Gasteiger partial charge < -0.3 is 21.1 Å². The van der Waals surface area contributed by atoms with Crippen molar-refractivity contribution in [1.29, 1.82) is 0 Å². The molecule has 1 aromatic heterocycles. The number of anilines is 2. The van der Waals surface area contributed by atoms with Crippen molar-refractivity contribution >= 4 is 17.4 Å². The predicted molar refractivity (Wildman–Crippen MR) is 71.4 cm³/mol. The molecule has 0 aliphatic rings. The SMILES string of the molecule is COc1nc(N(CC(N)=O)CC(C)C)ccc1N. The second-order valence-electron chi connectivity index (χ2n) is 4.51. The minimum absolute atomic E-state index is 0.123. The number of carbonyl (C=O) groups excluding carboxylic acids is 1. The summed E-state index contributed by atoms with van der Waals surface area (Å²) in [6.45, 7) is 4.92. The van der Waals surface area contributed by atoms with Gasteiger partial charge in [0.25, 0.3) is 0 Å². The van der Waals surface area contributed by atoms with Crippen molar-refractivity contribution in [3.8, 4) is 5.88 Å². The maximum atomic E-state index is 11.1. The van der Waals surface area contributed by atoms with Gasteiger partial charge in [-0.2, -0.15) is 4.98 Å². The summed E-state index contributed by atoms with van der Waals surface area (Å²) in [5.41, 5.74) is 11.4. The fraction of sp³-hybridized carbons (Fsp3) is 0.500. The molecule has 0 saturated heterocycles. The van der Waals surface area contributed by atoms with Crippen LogP contribution < -0.4 is 21.1 Å². The van der Waals surface area contributed by atoms with E-state index >= 15 is 0 Å². The van der Waals surface area contributed by atoms with Crippen molar-refractivity contribution in [2.75, 3.05) is 30.8 Å². The first kappa shape index (κ1) is 14.1. The van der Waals surface area contributed by atoms with E-state index in [4.69, 9.17) is 16.2 Å². The molecule has 1 heterocycles. The molecular weight excluding hydrogens is 232 g/mol. The molecule has 0 unspecified atom stereocenters. The molecule has 0 aromatic carbocycles. The Morgan fingerprint density at radius 3 is 2.67 bits per heavy atom. The Balaban J connectivity index is 3.00. The van der Waals surface area contributed by atoms with Gasteiger partial charge in [0.2, 0.25) is 11.8 Å². The summed E-state index contributed by atoms with van der Waals surface area (Å²) in [4.78, 5) is 17.2. The van der Waals surface area contributed by atoms with Crippen molar-refractivity contribution in [3.63, 3.8) is 0 Å². The van der Waals surface area contributed by atoms with E-state index in [2.05, 4.69) is 18.8 Å². The molecular formula is C12H20N4O2. The molecule has 0 fully saturated rings. The lowest BCUT2D eigenvalue weighted by molar-refractivity contribution is -0.116. The summed E-state index contributed by atoms with van der Waals surface area (Å²) in [5.74, 6) is 0.974. The summed E-state index contributed by atoms with van der Waals surface area (Å²) in [6.07, 6.45) is 0. The van der Waals surface area contributed by atoms with Crippen LogP contribution in [0.3, 0.4) is 0 Å². The molecule has 0 atom stereocenters. The molecule has 18 heavy (non-hydrogen) atoms. The highest BCUT2D eigenvalue weighted by atomic mass is 16.5. The third kappa shape index (κ3) is 3.80. The summed E-state index contributed by atoms with van der Waals surface area (Å²) in [6, 6.07) is 3.46. The zero-order valence-corrected chi connectivity index (χ0v) is 11.0. The number of carbonyl (C=O) groups is 1. The van der Waals surface area contributed by atoms with E-state index in [0.29, 0.717) is 29.8 Å². The number of hydrogen-bond donors (Lipinski definition) is 2. The highest BCUT2D eigenvalue weighted by molar-refractivity contribution is 5.79. The number of aromatic nitrogens is 1.